The van der Waals surface area contributed by atoms with Crippen molar-refractivity contribution < 1.29 is 22.6 Å². The zero-order chi connectivity index (χ0) is 26.7. The molecule has 0 saturated carbocycles. The number of alkyl halides is 3. The van der Waals surface area contributed by atoms with E-state index in [0.29, 0.717) is 36.2 Å². The lowest BCUT2D eigenvalue weighted by Gasteiger charge is -2.22. The van der Waals surface area contributed by atoms with Crippen LogP contribution in [0.1, 0.15) is 49.6 Å². The van der Waals surface area contributed by atoms with E-state index in [1.54, 1.807) is 6.07 Å². The average molecular weight is 524 g/mol. The van der Waals surface area contributed by atoms with E-state index in [0.717, 1.165) is 24.6 Å². The van der Waals surface area contributed by atoms with Gasteiger partial charge in [-0.1, -0.05) is 26.0 Å². The van der Waals surface area contributed by atoms with E-state index < -0.39 is 11.7 Å². The van der Waals surface area contributed by atoms with Crippen LogP contribution in [0.3, 0.4) is 0 Å². The maximum absolute atomic E-state index is 13.6. The molecule has 5 rings (SSSR count). The van der Waals surface area contributed by atoms with E-state index in [1.807, 2.05) is 24.3 Å². The van der Waals surface area contributed by atoms with Crippen molar-refractivity contribution in [2.75, 3.05) is 18.5 Å². The Bertz CT molecular complexity index is 1400. The molecule has 4 aromatic rings. The summed E-state index contributed by atoms with van der Waals surface area (Å²) in [6.45, 7) is 5.67. The van der Waals surface area contributed by atoms with E-state index in [2.05, 4.69) is 39.1 Å². The minimum atomic E-state index is -4.57. The maximum Gasteiger partial charge on any atom is 0.418 e. The van der Waals surface area contributed by atoms with Gasteiger partial charge < -0.3 is 14.8 Å². The van der Waals surface area contributed by atoms with Gasteiger partial charge in [-0.25, -0.2) is 15.0 Å². The number of halogens is 3. The van der Waals surface area contributed by atoms with Gasteiger partial charge in [-0.05, 0) is 60.7 Å². The predicted octanol–water partition coefficient (Wildman–Crippen LogP) is 6.67. The topological polar surface area (TPSA) is 82.1 Å². The lowest BCUT2D eigenvalue weighted by atomic mass is 10.0. The lowest BCUT2D eigenvalue weighted by Crippen LogP contribution is -2.23. The first-order chi connectivity index (χ1) is 18.3. The molecule has 4 heterocycles. The van der Waals surface area contributed by atoms with Gasteiger partial charge in [-0.15, -0.1) is 0 Å². The first-order valence-electron chi connectivity index (χ1n) is 12.5. The van der Waals surface area contributed by atoms with Crippen LogP contribution in [0.25, 0.3) is 22.4 Å². The molecule has 1 aliphatic heterocycles. The number of fused-ring (bicyclic) bond motifs is 1. The Balaban J connectivity index is 1.53. The monoisotopic (exact) mass is 523 g/mol. The molecule has 0 amide bonds. The SMILES string of the molecule is CC(C)c1ccc(Nc2nc(COC3CCOCC3)nc3nc(-c4ncccc4C(F)(F)F)ccc23)cc1. The number of ether oxygens (including phenoxy) is 2. The molecule has 1 saturated heterocycles. The Hall–Kier alpha value is -3.63. The van der Waals surface area contributed by atoms with E-state index in [9.17, 15) is 13.2 Å². The summed E-state index contributed by atoms with van der Waals surface area (Å²) in [7, 11) is 0. The molecule has 3 aromatic heterocycles. The van der Waals surface area contributed by atoms with Gasteiger partial charge in [0.25, 0.3) is 0 Å². The minimum Gasteiger partial charge on any atom is -0.381 e. The molecule has 1 aromatic carbocycles. The number of anilines is 2. The molecule has 0 aliphatic carbocycles. The number of hydrogen-bond acceptors (Lipinski definition) is 7. The molecule has 10 heteroatoms. The Morgan fingerprint density at radius 1 is 1.00 bits per heavy atom. The third-order valence-corrected chi connectivity index (χ3v) is 6.42. The van der Waals surface area contributed by atoms with Gasteiger partial charge in [-0.2, -0.15) is 13.2 Å². The van der Waals surface area contributed by atoms with E-state index in [4.69, 9.17) is 9.47 Å². The first-order valence-corrected chi connectivity index (χ1v) is 12.5. The summed E-state index contributed by atoms with van der Waals surface area (Å²) in [5.41, 5.74) is 1.25. The number of hydrogen-bond donors (Lipinski definition) is 1. The van der Waals surface area contributed by atoms with Crippen molar-refractivity contribution in [3.63, 3.8) is 0 Å². The first kappa shape index (κ1) is 26.0. The van der Waals surface area contributed by atoms with Crippen LogP contribution in [0.15, 0.2) is 54.7 Å². The second-order valence-electron chi connectivity index (χ2n) is 9.48. The molecule has 0 radical (unpaired) electrons. The number of benzene rings is 1. The van der Waals surface area contributed by atoms with Crippen LogP contribution < -0.4 is 5.32 Å². The highest BCUT2D eigenvalue weighted by Crippen LogP contribution is 2.36. The van der Waals surface area contributed by atoms with Crippen LogP contribution in [0.5, 0.6) is 0 Å². The Kier molecular flexibility index (Phi) is 7.53. The van der Waals surface area contributed by atoms with Crippen molar-refractivity contribution in [1.29, 1.82) is 0 Å². The normalized spacial score (nSPS) is 14.8. The van der Waals surface area contributed by atoms with Gasteiger partial charge in [0.05, 0.1) is 22.7 Å². The molecule has 0 atom stereocenters. The van der Waals surface area contributed by atoms with Crippen LogP contribution in [0.4, 0.5) is 24.7 Å². The van der Waals surface area contributed by atoms with Crippen LogP contribution in [0, 0.1) is 0 Å². The van der Waals surface area contributed by atoms with E-state index in [1.165, 1.54) is 23.9 Å². The third-order valence-electron chi connectivity index (χ3n) is 6.42. The number of nitrogens with one attached hydrogen (secondary N) is 1. The Labute approximate surface area is 218 Å². The molecule has 0 bridgehead atoms. The van der Waals surface area contributed by atoms with Crippen molar-refractivity contribution in [1.82, 2.24) is 19.9 Å². The molecular formula is C28H28F3N5O2. The van der Waals surface area contributed by atoms with Gasteiger partial charge in [0.15, 0.2) is 11.5 Å². The largest absolute Gasteiger partial charge is 0.418 e. The lowest BCUT2D eigenvalue weighted by molar-refractivity contribution is -0.137. The standard InChI is InChI=1S/C28H28F3N5O2/c1-17(2)18-5-7-19(8-6-18)33-26-21-9-10-23(25-22(28(29,30)31)4-3-13-32-25)34-27(21)36-24(35-26)16-38-20-11-14-37-15-12-20/h3-10,13,17,20H,11-12,14-16H2,1-2H3,(H,33,34,35,36). The summed E-state index contributed by atoms with van der Waals surface area (Å²) in [4.78, 5) is 17.7. The number of pyridine rings is 2. The van der Waals surface area contributed by atoms with Crippen molar-refractivity contribution >= 4 is 22.5 Å². The smallest absolute Gasteiger partial charge is 0.381 e. The molecule has 0 spiro atoms. The Morgan fingerprint density at radius 2 is 1.76 bits per heavy atom. The van der Waals surface area contributed by atoms with Crippen molar-refractivity contribution in [2.45, 2.75) is 51.5 Å². The second-order valence-corrected chi connectivity index (χ2v) is 9.48. The van der Waals surface area contributed by atoms with E-state index in [-0.39, 0.29) is 29.7 Å². The molecule has 1 fully saturated rings. The predicted molar refractivity (Wildman–Crippen MR) is 138 cm³/mol. The fourth-order valence-electron chi connectivity index (χ4n) is 4.31. The molecule has 1 aliphatic rings. The molecule has 7 nitrogen and oxygen atoms in total. The summed E-state index contributed by atoms with van der Waals surface area (Å²) < 4.78 is 52.3. The van der Waals surface area contributed by atoms with Gasteiger partial charge in [-0.3, -0.25) is 4.98 Å². The molecule has 0 unspecified atom stereocenters. The summed E-state index contributed by atoms with van der Waals surface area (Å²) >= 11 is 0. The highest BCUT2D eigenvalue weighted by Gasteiger charge is 2.34. The van der Waals surface area contributed by atoms with Crippen LogP contribution in [-0.2, 0) is 22.3 Å². The highest BCUT2D eigenvalue weighted by atomic mass is 19.4. The van der Waals surface area contributed by atoms with Gasteiger partial charge in [0, 0.05) is 25.1 Å². The minimum absolute atomic E-state index is 0.0326. The van der Waals surface area contributed by atoms with E-state index >= 15 is 0 Å². The summed E-state index contributed by atoms with van der Waals surface area (Å²) in [5, 5.41) is 3.89. The van der Waals surface area contributed by atoms with Crippen LogP contribution >= 0.6 is 0 Å². The fraction of sp³-hybridized carbons (Fsp3) is 0.357. The number of nitrogens with zero attached hydrogens (tertiary/aromatic N) is 4. The highest BCUT2D eigenvalue weighted by molar-refractivity contribution is 5.90. The van der Waals surface area contributed by atoms with Gasteiger partial charge >= 0.3 is 6.18 Å². The number of rotatable bonds is 7. The third kappa shape index (κ3) is 5.92. The molecule has 198 valence electrons. The fourth-order valence-corrected chi connectivity index (χ4v) is 4.31. The zero-order valence-electron chi connectivity index (χ0n) is 21.1. The number of aromatic nitrogens is 4. The van der Waals surface area contributed by atoms with Crippen molar-refractivity contribution in [3.05, 3.63) is 71.7 Å². The van der Waals surface area contributed by atoms with Gasteiger partial charge in [0.1, 0.15) is 18.1 Å². The molecule has 38 heavy (non-hydrogen) atoms. The summed E-state index contributed by atoms with van der Waals surface area (Å²) in [6.07, 6.45) is -1.65. The second kappa shape index (κ2) is 11.0. The quantitative estimate of drug-likeness (QED) is 0.290. The molecular weight excluding hydrogens is 495 g/mol. The van der Waals surface area contributed by atoms with Crippen molar-refractivity contribution in [3.8, 4) is 11.4 Å². The van der Waals surface area contributed by atoms with Crippen LogP contribution in [-0.4, -0.2) is 39.3 Å². The zero-order valence-corrected chi connectivity index (χ0v) is 21.1. The average Bonchev–Trinajstić information content (AvgIpc) is 2.92. The van der Waals surface area contributed by atoms with Crippen LogP contribution in [0.2, 0.25) is 0 Å². The van der Waals surface area contributed by atoms with Gasteiger partial charge in [0.2, 0.25) is 0 Å². The van der Waals surface area contributed by atoms with Crippen molar-refractivity contribution in [2.24, 2.45) is 0 Å². The summed E-state index contributed by atoms with van der Waals surface area (Å²) in [5.74, 6) is 1.27. The Morgan fingerprint density at radius 3 is 2.47 bits per heavy atom. The summed E-state index contributed by atoms with van der Waals surface area (Å²) in [6, 6.07) is 13.4. The molecule has 1 N–H and O–H groups in total. The maximum atomic E-state index is 13.6.